The van der Waals surface area contributed by atoms with E-state index in [9.17, 15) is 14.4 Å². The van der Waals surface area contributed by atoms with Gasteiger partial charge >= 0.3 is 17.9 Å². The van der Waals surface area contributed by atoms with Crippen molar-refractivity contribution in [2.75, 3.05) is 13.2 Å². The van der Waals surface area contributed by atoms with Crippen molar-refractivity contribution < 1.29 is 28.6 Å². The van der Waals surface area contributed by atoms with Crippen LogP contribution in [0.2, 0.25) is 0 Å². The summed E-state index contributed by atoms with van der Waals surface area (Å²) in [7, 11) is 0. The molecule has 0 radical (unpaired) electrons. The fraction of sp³-hybridized carbons (Fsp3) is 0.712. The zero-order chi connectivity index (χ0) is 52.2. The van der Waals surface area contributed by atoms with Gasteiger partial charge in [0.05, 0.1) is 0 Å². The third kappa shape index (κ3) is 57.2. The molecule has 1 atom stereocenters. The number of hydrogen-bond donors (Lipinski definition) is 0. The van der Waals surface area contributed by atoms with Crippen molar-refractivity contribution in [3.63, 3.8) is 0 Å². The van der Waals surface area contributed by atoms with E-state index in [-0.39, 0.29) is 37.5 Å². The molecular formula is C66H112O6. The summed E-state index contributed by atoms with van der Waals surface area (Å²) in [5.41, 5.74) is 0. The van der Waals surface area contributed by atoms with E-state index in [1.807, 2.05) is 0 Å². The predicted octanol–water partition coefficient (Wildman–Crippen LogP) is 20.5. The van der Waals surface area contributed by atoms with Crippen LogP contribution in [0.4, 0.5) is 0 Å². The molecule has 72 heavy (non-hydrogen) atoms. The molecule has 1 unspecified atom stereocenters. The highest BCUT2D eigenvalue weighted by molar-refractivity contribution is 5.71. The highest BCUT2D eigenvalue weighted by atomic mass is 16.6. The van der Waals surface area contributed by atoms with E-state index < -0.39 is 6.10 Å². The fourth-order valence-electron chi connectivity index (χ4n) is 8.37. The lowest BCUT2D eigenvalue weighted by atomic mass is 10.0. The highest BCUT2D eigenvalue weighted by Gasteiger charge is 2.19. The molecule has 6 nitrogen and oxygen atoms in total. The second-order valence-corrected chi connectivity index (χ2v) is 19.9. The van der Waals surface area contributed by atoms with Crippen LogP contribution in [0.1, 0.15) is 284 Å². The van der Waals surface area contributed by atoms with Crippen molar-refractivity contribution in [3.05, 3.63) is 97.2 Å². The van der Waals surface area contributed by atoms with Crippen molar-refractivity contribution in [1.82, 2.24) is 0 Å². The van der Waals surface area contributed by atoms with Crippen LogP contribution in [0.5, 0.6) is 0 Å². The summed E-state index contributed by atoms with van der Waals surface area (Å²) < 4.78 is 16.8. The number of allylic oxidation sites excluding steroid dienone is 16. The number of carbonyl (C=O) groups excluding carboxylic acids is 3. The lowest BCUT2D eigenvalue weighted by Gasteiger charge is -2.18. The molecule has 6 heteroatoms. The van der Waals surface area contributed by atoms with Gasteiger partial charge in [0.1, 0.15) is 13.2 Å². The molecule has 0 heterocycles. The summed E-state index contributed by atoms with van der Waals surface area (Å²) in [6.45, 7) is 6.36. The van der Waals surface area contributed by atoms with Gasteiger partial charge in [0.25, 0.3) is 0 Å². The first-order valence-electron chi connectivity index (χ1n) is 30.2. The molecule has 0 aliphatic rings. The molecule has 0 saturated heterocycles. The van der Waals surface area contributed by atoms with Gasteiger partial charge in [0, 0.05) is 19.3 Å². The number of ether oxygens (including phenoxy) is 3. The lowest BCUT2D eigenvalue weighted by Crippen LogP contribution is -2.30. The molecule has 0 aliphatic carbocycles. The Morgan fingerprint density at radius 2 is 0.542 bits per heavy atom. The molecule has 0 aliphatic heterocycles. The smallest absolute Gasteiger partial charge is 0.306 e. The molecule has 412 valence electrons. The lowest BCUT2D eigenvalue weighted by molar-refractivity contribution is -0.167. The number of rotatable bonds is 54. The van der Waals surface area contributed by atoms with Crippen LogP contribution >= 0.6 is 0 Å². The van der Waals surface area contributed by atoms with Gasteiger partial charge < -0.3 is 14.2 Å². The molecule has 0 spiro atoms. The van der Waals surface area contributed by atoms with Crippen molar-refractivity contribution in [1.29, 1.82) is 0 Å². The Balaban J connectivity index is 4.37. The Morgan fingerprint density at radius 3 is 0.847 bits per heavy atom. The van der Waals surface area contributed by atoms with E-state index in [1.165, 1.54) is 135 Å². The van der Waals surface area contributed by atoms with E-state index >= 15 is 0 Å². The molecule has 0 amide bonds. The Morgan fingerprint density at radius 1 is 0.292 bits per heavy atom. The molecule has 0 bridgehead atoms. The Kier molecular flexibility index (Phi) is 56.8. The van der Waals surface area contributed by atoms with Crippen LogP contribution in [0.3, 0.4) is 0 Å². The number of unbranched alkanes of at least 4 members (excludes halogenated alkanes) is 27. The number of esters is 3. The SMILES string of the molecule is CC/C=C\C/C=C\C/C=C\C/C=C\CCCCC(=O)OCC(COC(=O)CCCCCCCCCCCCCCCCCCCCCCCCCC)OC(=O)CCCC/C=C\C/C=C\C/C=C\C/C=C\CC. The van der Waals surface area contributed by atoms with E-state index in [0.29, 0.717) is 25.7 Å². The van der Waals surface area contributed by atoms with Crippen LogP contribution in [-0.2, 0) is 28.6 Å². The van der Waals surface area contributed by atoms with Gasteiger partial charge in [-0.15, -0.1) is 0 Å². The van der Waals surface area contributed by atoms with E-state index in [1.54, 1.807) is 0 Å². The summed E-state index contributed by atoms with van der Waals surface area (Å²) in [6, 6.07) is 0. The zero-order valence-electron chi connectivity index (χ0n) is 47.2. The van der Waals surface area contributed by atoms with Crippen LogP contribution in [0, 0.1) is 0 Å². The maximum absolute atomic E-state index is 12.8. The van der Waals surface area contributed by atoms with Crippen LogP contribution in [0.15, 0.2) is 97.2 Å². The van der Waals surface area contributed by atoms with Gasteiger partial charge in [-0.3, -0.25) is 14.4 Å². The minimum Gasteiger partial charge on any atom is -0.462 e. The van der Waals surface area contributed by atoms with Gasteiger partial charge in [0.15, 0.2) is 6.10 Å². The molecule has 0 saturated carbocycles. The summed E-state index contributed by atoms with van der Waals surface area (Å²) in [6.07, 6.45) is 80.0. The minimum absolute atomic E-state index is 0.106. The normalized spacial score (nSPS) is 12.8. The summed E-state index contributed by atoms with van der Waals surface area (Å²) in [4.78, 5) is 38.2. The van der Waals surface area contributed by atoms with Crippen LogP contribution in [0.25, 0.3) is 0 Å². The summed E-state index contributed by atoms with van der Waals surface area (Å²) >= 11 is 0. The number of carbonyl (C=O) groups is 3. The van der Waals surface area contributed by atoms with Crippen molar-refractivity contribution >= 4 is 17.9 Å². The highest BCUT2D eigenvalue weighted by Crippen LogP contribution is 2.17. The topological polar surface area (TPSA) is 78.9 Å². The van der Waals surface area contributed by atoms with Gasteiger partial charge in [-0.1, -0.05) is 266 Å². The molecule has 0 aromatic rings. The first kappa shape index (κ1) is 68.3. The van der Waals surface area contributed by atoms with E-state index in [4.69, 9.17) is 14.2 Å². The standard InChI is InChI=1S/C66H112O6/c1-4-7-10-13-16-19-22-25-28-29-30-31-32-33-34-35-36-39-41-44-47-50-53-56-59-65(68)71-62-63(72-66(69)60-57-54-51-48-45-42-38-27-24-21-18-15-12-9-6-3)61-70-64(67)58-55-52-49-46-43-40-37-26-23-20-17-14-11-8-5-2/h8-9,11-12,17-18,20-21,26-27,37-38,43,45-46,48,63H,4-7,10,13-16,19,22-25,28-36,39-42,44,47,49-62H2,1-3H3/b11-8-,12-9-,20-17-,21-18-,37-26-,38-27-,46-43-,48-45-. The number of hydrogen-bond acceptors (Lipinski definition) is 6. The molecule has 0 N–H and O–H groups in total. The largest absolute Gasteiger partial charge is 0.462 e. The van der Waals surface area contributed by atoms with E-state index in [0.717, 1.165) is 96.3 Å². The van der Waals surface area contributed by atoms with Crippen LogP contribution in [-0.4, -0.2) is 37.2 Å². The second kappa shape index (κ2) is 59.9. The van der Waals surface area contributed by atoms with Crippen molar-refractivity contribution in [2.45, 2.75) is 290 Å². The second-order valence-electron chi connectivity index (χ2n) is 19.9. The van der Waals surface area contributed by atoms with Gasteiger partial charge in [-0.05, 0) is 96.3 Å². The zero-order valence-corrected chi connectivity index (χ0v) is 47.2. The van der Waals surface area contributed by atoms with Crippen molar-refractivity contribution in [2.24, 2.45) is 0 Å². The van der Waals surface area contributed by atoms with E-state index in [2.05, 4.69) is 118 Å². The van der Waals surface area contributed by atoms with Crippen molar-refractivity contribution in [3.8, 4) is 0 Å². The Bertz CT molecular complexity index is 1430. The third-order valence-corrected chi connectivity index (χ3v) is 12.8. The maximum Gasteiger partial charge on any atom is 0.306 e. The molecule has 0 fully saturated rings. The summed E-state index contributed by atoms with van der Waals surface area (Å²) in [5.74, 6) is -0.985. The van der Waals surface area contributed by atoms with Gasteiger partial charge in [0.2, 0.25) is 0 Å². The third-order valence-electron chi connectivity index (χ3n) is 12.8. The molecule has 0 rings (SSSR count). The minimum atomic E-state index is -0.816. The first-order valence-corrected chi connectivity index (χ1v) is 30.2. The quantitative estimate of drug-likeness (QED) is 0.0261. The summed E-state index contributed by atoms with van der Waals surface area (Å²) in [5, 5.41) is 0. The monoisotopic (exact) mass is 1000 g/mol. The maximum atomic E-state index is 12.8. The predicted molar refractivity (Wildman–Crippen MR) is 311 cm³/mol. The van der Waals surface area contributed by atoms with Gasteiger partial charge in [-0.2, -0.15) is 0 Å². The van der Waals surface area contributed by atoms with Gasteiger partial charge in [-0.25, -0.2) is 0 Å². The molecule has 0 aromatic carbocycles. The van der Waals surface area contributed by atoms with Crippen LogP contribution < -0.4 is 0 Å². The fourth-order valence-corrected chi connectivity index (χ4v) is 8.37. The molecular weight excluding hydrogens is 889 g/mol. The molecule has 0 aromatic heterocycles. The average Bonchev–Trinajstić information content (AvgIpc) is 3.38. The Hall–Kier alpha value is -3.67. The average molecular weight is 1000 g/mol. The Labute approximate surface area is 445 Å². The first-order chi connectivity index (χ1) is 35.5.